The van der Waals surface area contributed by atoms with Crippen molar-refractivity contribution in [3.8, 4) is 0 Å². The Morgan fingerprint density at radius 2 is 1.92 bits per heavy atom. The van der Waals surface area contributed by atoms with E-state index in [0.717, 1.165) is 9.18 Å². The molecule has 3 aromatic rings. The number of hydrogen-bond donors (Lipinski definition) is 1. The highest BCUT2D eigenvalue weighted by Gasteiger charge is 2.22. The molecule has 0 bridgehead atoms. The number of sulfonamides is 1. The van der Waals surface area contributed by atoms with Crippen molar-refractivity contribution in [2.75, 3.05) is 11.4 Å². The van der Waals surface area contributed by atoms with Crippen molar-refractivity contribution in [3.05, 3.63) is 76.7 Å². The number of nitrogens with one attached hydrogen (secondary N) is 1. The molecule has 2 heterocycles. The van der Waals surface area contributed by atoms with E-state index in [1.54, 1.807) is 35.6 Å². The third-order valence-corrected chi connectivity index (χ3v) is 6.42. The molecule has 0 saturated carbocycles. The van der Waals surface area contributed by atoms with Crippen LogP contribution in [0.4, 0.5) is 5.69 Å². The van der Waals surface area contributed by atoms with Crippen LogP contribution < -0.4 is 9.62 Å². The summed E-state index contributed by atoms with van der Waals surface area (Å²) in [5.74, 6) is -0.356. The average Bonchev–Trinajstić information content (AvgIpc) is 3.20. The zero-order chi connectivity index (χ0) is 18.6. The highest BCUT2D eigenvalue weighted by atomic mass is 32.2. The lowest BCUT2D eigenvalue weighted by molar-refractivity contribution is 0.0946. The number of carbonyl (C=O) groups excluding carboxylic acids is 1. The van der Waals surface area contributed by atoms with Gasteiger partial charge in [-0.25, -0.2) is 8.42 Å². The first-order valence-corrected chi connectivity index (χ1v) is 10.1. The molecular weight excluding hydrogens is 370 g/mol. The van der Waals surface area contributed by atoms with E-state index in [1.807, 2.05) is 17.5 Å². The molecule has 0 unspecified atom stereocenters. The van der Waals surface area contributed by atoms with Crippen LogP contribution in [0.15, 0.2) is 71.1 Å². The number of rotatable bonds is 6. The topological polar surface area (TPSA) is 79.4 Å². The monoisotopic (exact) mass is 387 g/mol. The summed E-state index contributed by atoms with van der Waals surface area (Å²) in [6.07, 6.45) is 1.42. The van der Waals surface area contributed by atoms with Crippen molar-refractivity contribution in [2.24, 2.45) is 0 Å². The van der Waals surface area contributed by atoms with E-state index in [2.05, 4.69) is 10.3 Å². The van der Waals surface area contributed by atoms with Gasteiger partial charge in [-0.2, -0.15) is 0 Å². The Balaban J connectivity index is 1.79. The summed E-state index contributed by atoms with van der Waals surface area (Å²) in [6.45, 7) is 0.403. The van der Waals surface area contributed by atoms with Crippen molar-refractivity contribution in [3.63, 3.8) is 0 Å². The van der Waals surface area contributed by atoms with E-state index in [0.29, 0.717) is 12.2 Å². The minimum atomic E-state index is -3.71. The molecule has 0 fully saturated rings. The molecule has 0 saturated heterocycles. The van der Waals surface area contributed by atoms with Crippen molar-refractivity contribution < 1.29 is 13.2 Å². The fourth-order valence-corrected chi connectivity index (χ4v) is 4.15. The number of benzene rings is 1. The van der Waals surface area contributed by atoms with E-state index in [4.69, 9.17) is 0 Å². The van der Waals surface area contributed by atoms with Gasteiger partial charge in [0.15, 0.2) is 0 Å². The second-order valence-corrected chi connectivity index (χ2v) is 8.45. The Bertz CT molecular complexity index is 988. The maximum Gasteiger partial charge on any atom is 0.270 e. The molecule has 2 aromatic heterocycles. The first kappa shape index (κ1) is 18.1. The van der Waals surface area contributed by atoms with Crippen LogP contribution in [0.1, 0.15) is 15.4 Å². The van der Waals surface area contributed by atoms with E-state index in [1.165, 1.54) is 31.4 Å². The normalized spacial score (nSPS) is 11.1. The fourth-order valence-electron chi connectivity index (χ4n) is 2.30. The van der Waals surface area contributed by atoms with Crippen LogP contribution in [-0.4, -0.2) is 26.4 Å². The number of nitrogens with zero attached hydrogens (tertiary/aromatic N) is 2. The second-order valence-electron chi connectivity index (χ2n) is 5.45. The van der Waals surface area contributed by atoms with Gasteiger partial charge in [0.1, 0.15) is 5.69 Å². The number of aromatic nitrogens is 1. The van der Waals surface area contributed by atoms with Gasteiger partial charge in [0.05, 0.1) is 17.1 Å². The van der Waals surface area contributed by atoms with Crippen LogP contribution in [-0.2, 0) is 16.6 Å². The Kier molecular flexibility index (Phi) is 5.34. The molecule has 0 aliphatic rings. The zero-order valence-corrected chi connectivity index (χ0v) is 15.6. The third-order valence-electron chi connectivity index (χ3n) is 3.74. The standard InChI is InChI=1S/C18H17N3O3S2/c1-21(26(23,24)16-7-3-2-4-8-16)14-9-10-19-17(12-14)18(22)20-13-15-6-5-11-25-15/h2-12H,13H2,1H3,(H,20,22). The zero-order valence-electron chi connectivity index (χ0n) is 14.0. The van der Waals surface area contributed by atoms with Crippen molar-refractivity contribution in [1.82, 2.24) is 10.3 Å². The fraction of sp³-hybridized carbons (Fsp3) is 0.111. The predicted molar refractivity (Wildman–Crippen MR) is 102 cm³/mol. The summed E-state index contributed by atoms with van der Waals surface area (Å²) in [4.78, 5) is 17.6. The second kappa shape index (κ2) is 7.67. The lowest BCUT2D eigenvalue weighted by atomic mass is 10.3. The molecule has 0 atom stereocenters. The lowest BCUT2D eigenvalue weighted by Crippen LogP contribution is -2.28. The molecule has 8 heteroatoms. The first-order valence-electron chi connectivity index (χ1n) is 7.79. The summed E-state index contributed by atoms with van der Waals surface area (Å²) >= 11 is 1.55. The summed E-state index contributed by atoms with van der Waals surface area (Å²) in [5, 5.41) is 4.71. The predicted octanol–water partition coefficient (Wildman–Crippen LogP) is 2.90. The van der Waals surface area contributed by atoms with Crippen molar-refractivity contribution in [2.45, 2.75) is 11.4 Å². The smallest absolute Gasteiger partial charge is 0.270 e. The molecule has 3 rings (SSSR count). The summed E-state index contributed by atoms with van der Waals surface area (Å²) in [6, 6.07) is 15.0. The molecule has 0 aliphatic carbocycles. The van der Waals surface area contributed by atoms with Crippen LogP contribution in [0.2, 0.25) is 0 Å². The van der Waals surface area contributed by atoms with Crippen LogP contribution in [0.3, 0.4) is 0 Å². The molecule has 1 N–H and O–H groups in total. The highest BCUT2D eigenvalue weighted by molar-refractivity contribution is 7.92. The van der Waals surface area contributed by atoms with Crippen LogP contribution >= 0.6 is 11.3 Å². The minimum Gasteiger partial charge on any atom is -0.346 e. The number of anilines is 1. The molecule has 134 valence electrons. The minimum absolute atomic E-state index is 0.161. The van der Waals surface area contributed by atoms with Gasteiger partial charge in [0, 0.05) is 18.1 Å². The maximum absolute atomic E-state index is 12.7. The third kappa shape index (κ3) is 3.92. The van der Waals surface area contributed by atoms with Gasteiger partial charge in [-0.3, -0.25) is 14.1 Å². The number of carbonyl (C=O) groups is 1. The van der Waals surface area contributed by atoms with Gasteiger partial charge in [0.2, 0.25) is 0 Å². The van der Waals surface area contributed by atoms with Crippen LogP contribution in [0, 0.1) is 0 Å². The van der Waals surface area contributed by atoms with Crippen molar-refractivity contribution in [1.29, 1.82) is 0 Å². The van der Waals surface area contributed by atoms with Gasteiger partial charge in [-0.1, -0.05) is 24.3 Å². The largest absolute Gasteiger partial charge is 0.346 e. The quantitative estimate of drug-likeness (QED) is 0.705. The summed E-state index contributed by atoms with van der Waals surface area (Å²) in [7, 11) is -2.26. The molecular formula is C18H17N3O3S2. The Hall–Kier alpha value is -2.71. The Morgan fingerprint density at radius 1 is 1.15 bits per heavy atom. The molecule has 0 radical (unpaired) electrons. The average molecular weight is 387 g/mol. The number of thiophene rings is 1. The molecule has 26 heavy (non-hydrogen) atoms. The molecule has 6 nitrogen and oxygen atoms in total. The number of amides is 1. The van der Waals surface area contributed by atoms with E-state index in [9.17, 15) is 13.2 Å². The molecule has 0 aliphatic heterocycles. The van der Waals surface area contributed by atoms with E-state index >= 15 is 0 Å². The van der Waals surface area contributed by atoms with E-state index < -0.39 is 10.0 Å². The maximum atomic E-state index is 12.7. The molecule has 1 amide bonds. The molecule has 0 spiro atoms. The van der Waals surface area contributed by atoms with Crippen molar-refractivity contribution >= 4 is 33.0 Å². The van der Waals surface area contributed by atoms with Gasteiger partial charge in [0.25, 0.3) is 15.9 Å². The Labute approximate surface area is 156 Å². The van der Waals surface area contributed by atoms with Gasteiger partial charge >= 0.3 is 0 Å². The highest BCUT2D eigenvalue weighted by Crippen LogP contribution is 2.22. The van der Waals surface area contributed by atoms with Gasteiger partial charge < -0.3 is 5.32 Å². The summed E-state index contributed by atoms with van der Waals surface area (Å²) < 4.78 is 26.5. The Morgan fingerprint density at radius 3 is 2.62 bits per heavy atom. The number of pyridine rings is 1. The van der Waals surface area contributed by atoms with Crippen LogP contribution in [0.5, 0.6) is 0 Å². The lowest BCUT2D eigenvalue weighted by Gasteiger charge is -2.19. The molecule has 1 aromatic carbocycles. The SMILES string of the molecule is CN(c1ccnc(C(=O)NCc2cccs2)c1)S(=O)(=O)c1ccccc1. The summed E-state index contributed by atoms with van der Waals surface area (Å²) in [5.41, 5.74) is 0.527. The number of hydrogen-bond acceptors (Lipinski definition) is 5. The van der Waals surface area contributed by atoms with Gasteiger partial charge in [-0.15, -0.1) is 11.3 Å². The van der Waals surface area contributed by atoms with Crippen LogP contribution in [0.25, 0.3) is 0 Å². The first-order chi connectivity index (χ1) is 12.5. The van der Waals surface area contributed by atoms with E-state index in [-0.39, 0.29) is 16.5 Å². The van der Waals surface area contributed by atoms with Gasteiger partial charge in [-0.05, 0) is 35.7 Å².